The molecule has 1 heterocycles. The van der Waals surface area contributed by atoms with E-state index >= 15 is 0 Å². The van der Waals surface area contributed by atoms with E-state index in [0.29, 0.717) is 48.1 Å². The second-order valence-electron chi connectivity index (χ2n) is 7.75. The van der Waals surface area contributed by atoms with Crippen LogP contribution in [0.25, 0.3) is 0 Å². The molecule has 1 amide bonds. The van der Waals surface area contributed by atoms with Crippen LogP contribution in [-0.4, -0.2) is 44.9 Å². The summed E-state index contributed by atoms with van der Waals surface area (Å²) in [6, 6.07) is 12.3. The molecule has 1 aliphatic heterocycles. The molecule has 174 valence electrons. The van der Waals surface area contributed by atoms with Gasteiger partial charge in [-0.15, -0.1) is 0 Å². The van der Waals surface area contributed by atoms with Crippen LogP contribution in [0.5, 0.6) is 5.75 Å². The summed E-state index contributed by atoms with van der Waals surface area (Å²) in [5.41, 5.74) is 2.11. The number of ether oxygens (including phenoxy) is 1. The van der Waals surface area contributed by atoms with Crippen molar-refractivity contribution in [3.63, 3.8) is 0 Å². The highest BCUT2D eigenvalue weighted by Gasteiger charge is 2.35. The molecule has 9 heteroatoms. The quantitative estimate of drug-likeness (QED) is 0.605. The molecule has 1 atom stereocenters. The second-order valence-corrected chi connectivity index (χ2v) is 10.0. The van der Waals surface area contributed by atoms with Gasteiger partial charge in [0.1, 0.15) is 5.75 Å². The number of carbonyl (C=O) groups excluding carboxylic acids is 1. The highest BCUT2D eigenvalue weighted by Crippen LogP contribution is 2.28. The number of nitrogens with zero attached hydrogens (tertiary/aromatic N) is 2. The topological polar surface area (TPSA) is 79.0 Å². The zero-order valence-electron chi connectivity index (χ0n) is 18.7. The number of nitrogens with one attached hydrogen (secondary N) is 1. The number of rotatable bonds is 8. The van der Waals surface area contributed by atoms with Crippen molar-refractivity contribution in [2.24, 2.45) is 5.92 Å². The van der Waals surface area contributed by atoms with E-state index in [1.165, 1.54) is 8.61 Å². The Kier molecular flexibility index (Phi) is 8.03. The molecule has 0 saturated carbocycles. The molecule has 0 aromatic heterocycles. The first-order valence-corrected chi connectivity index (χ1v) is 12.6. The van der Waals surface area contributed by atoms with Crippen LogP contribution >= 0.6 is 11.6 Å². The third-order valence-corrected chi connectivity index (χ3v) is 7.79. The van der Waals surface area contributed by atoms with E-state index in [1.54, 1.807) is 43.3 Å². The zero-order chi connectivity index (χ0) is 23.3. The van der Waals surface area contributed by atoms with Crippen molar-refractivity contribution in [2.45, 2.75) is 33.6 Å². The Morgan fingerprint density at radius 1 is 1.22 bits per heavy atom. The van der Waals surface area contributed by atoms with E-state index in [0.717, 1.165) is 5.56 Å². The monoisotopic (exact) mass is 479 g/mol. The molecule has 1 aliphatic rings. The Hall–Kier alpha value is -2.29. The van der Waals surface area contributed by atoms with E-state index in [-0.39, 0.29) is 19.0 Å². The SMILES string of the molecule is CCOc1ccc(N(CC)S(=O)(=O)N2CCCC(C(=O)Nc3cc(Cl)ccc3C)C2)cc1. The average molecular weight is 480 g/mol. The van der Waals surface area contributed by atoms with Crippen LogP contribution in [-0.2, 0) is 15.0 Å². The van der Waals surface area contributed by atoms with Crippen LogP contribution in [0, 0.1) is 12.8 Å². The predicted molar refractivity (Wildman–Crippen MR) is 129 cm³/mol. The Morgan fingerprint density at radius 2 is 1.94 bits per heavy atom. The Morgan fingerprint density at radius 3 is 2.59 bits per heavy atom. The van der Waals surface area contributed by atoms with Gasteiger partial charge in [-0.2, -0.15) is 12.7 Å². The Balaban J connectivity index is 1.74. The van der Waals surface area contributed by atoms with Crippen molar-refractivity contribution >= 4 is 39.1 Å². The number of benzene rings is 2. The predicted octanol–water partition coefficient (Wildman–Crippen LogP) is 4.47. The standard InChI is InChI=1S/C23H30ClN3O4S/c1-4-27(20-10-12-21(13-11-20)31-5-2)32(29,30)26-14-6-7-18(16-26)23(28)25-22-15-19(24)9-8-17(22)3/h8-13,15,18H,4-7,14,16H2,1-3H3,(H,25,28). The number of anilines is 2. The summed E-state index contributed by atoms with van der Waals surface area (Å²) in [6.07, 6.45) is 1.25. The molecule has 0 bridgehead atoms. The minimum atomic E-state index is -3.78. The molecule has 1 unspecified atom stereocenters. The van der Waals surface area contributed by atoms with Gasteiger partial charge in [-0.25, -0.2) is 0 Å². The lowest BCUT2D eigenvalue weighted by Gasteiger charge is -2.35. The molecule has 0 aliphatic carbocycles. The van der Waals surface area contributed by atoms with E-state index in [4.69, 9.17) is 16.3 Å². The van der Waals surface area contributed by atoms with Gasteiger partial charge >= 0.3 is 10.2 Å². The maximum atomic E-state index is 13.4. The van der Waals surface area contributed by atoms with Crippen molar-refractivity contribution in [1.82, 2.24) is 4.31 Å². The number of aryl methyl sites for hydroxylation is 1. The van der Waals surface area contributed by atoms with Crippen LogP contribution in [0.4, 0.5) is 11.4 Å². The first-order chi connectivity index (χ1) is 15.3. The summed E-state index contributed by atoms with van der Waals surface area (Å²) in [6.45, 7) is 6.93. The number of hydrogen-bond acceptors (Lipinski definition) is 4. The molecular formula is C23H30ClN3O4S. The molecule has 3 rings (SSSR count). The normalized spacial score (nSPS) is 17.1. The minimum Gasteiger partial charge on any atom is -0.494 e. The number of amides is 1. The summed E-state index contributed by atoms with van der Waals surface area (Å²) in [4.78, 5) is 12.9. The molecule has 32 heavy (non-hydrogen) atoms. The van der Waals surface area contributed by atoms with Gasteiger partial charge in [0.15, 0.2) is 0 Å². The summed E-state index contributed by atoms with van der Waals surface area (Å²) in [5, 5.41) is 3.45. The number of carbonyl (C=O) groups is 1. The van der Waals surface area contributed by atoms with Crippen LogP contribution in [0.2, 0.25) is 5.02 Å². The third kappa shape index (κ3) is 5.54. The third-order valence-electron chi connectivity index (χ3n) is 5.54. The summed E-state index contributed by atoms with van der Waals surface area (Å²) >= 11 is 6.05. The first-order valence-electron chi connectivity index (χ1n) is 10.8. The van der Waals surface area contributed by atoms with Crippen LogP contribution in [0.3, 0.4) is 0 Å². The molecule has 0 spiro atoms. The van der Waals surface area contributed by atoms with Gasteiger partial charge < -0.3 is 10.1 Å². The molecule has 1 saturated heterocycles. The van der Waals surface area contributed by atoms with E-state index < -0.39 is 16.1 Å². The number of halogens is 1. The summed E-state index contributed by atoms with van der Waals surface area (Å²) in [7, 11) is -3.78. The fourth-order valence-electron chi connectivity index (χ4n) is 3.82. The largest absolute Gasteiger partial charge is 0.494 e. The average Bonchev–Trinajstić information content (AvgIpc) is 2.78. The first kappa shape index (κ1) is 24.4. The van der Waals surface area contributed by atoms with Gasteiger partial charge in [-0.05, 0) is 75.6 Å². The molecular weight excluding hydrogens is 450 g/mol. The van der Waals surface area contributed by atoms with Crippen LogP contribution < -0.4 is 14.4 Å². The fourth-order valence-corrected chi connectivity index (χ4v) is 5.72. The highest BCUT2D eigenvalue weighted by atomic mass is 35.5. The van der Waals surface area contributed by atoms with E-state index in [1.807, 2.05) is 19.9 Å². The lowest BCUT2D eigenvalue weighted by molar-refractivity contribution is -0.120. The van der Waals surface area contributed by atoms with Crippen LogP contribution in [0.15, 0.2) is 42.5 Å². The van der Waals surface area contributed by atoms with Crippen molar-refractivity contribution in [2.75, 3.05) is 35.9 Å². The minimum absolute atomic E-state index is 0.140. The summed E-state index contributed by atoms with van der Waals surface area (Å²) in [5.74, 6) is 0.0612. The Bertz CT molecular complexity index is 1040. The second kappa shape index (κ2) is 10.6. The van der Waals surface area contributed by atoms with Gasteiger partial charge in [0.05, 0.1) is 18.2 Å². The molecule has 1 N–H and O–H groups in total. The van der Waals surface area contributed by atoms with Crippen molar-refractivity contribution < 1.29 is 17.9 Å². The fraction of sp³-hybridized carbons (Fsp3) is 0.435. The van der Waals surface area contributed by atoms with E-state index in [2.05, 4.69) is 5.32 Å². The number of piperidine rings is 1. The lowest BCUT2D eigenvalue weighted by atomic mass is 9.98. The number of hydrogen-bond donors (Lipinski definition) is 1. The van der Waals surface area contributed by atoms with Crippen molar-refractivity contribution in [1.29, 1.82) is 0 Å². The zero-order valence-corrected chi connectivity index (χ0v) is 20.2. The lowest BCUT2D eigenvalue weighted by Crippen LogP contribution is -2.50. The maximum Gasteiger partial charge on any atom is 0.304 e. The molecule has 2 aromatic carbocycles. The summed E-state index contributed by atoms with van der Waals surface area (Å²) < 4.78 is 35.1. The highest BCUT2D eigenvalue weighted by molar-refractivity contribution is 7.90. The van der Waals surface area contributed by atoms with Gasteiger partial charge in [-0.3, -0.25) is 9.10 Å². The molecule has 1 fully saturated rings. The van der Waals surface area contributed by atoms with Gasteiger partial charge in [0.25, 0.3) is 0 Å². The molecule has 7 nitrogen and oxygen atoms in total. The Labute approximate surface area is 195 Å². The molecule has 2 aromatic rings. The van der Waals surface area contributed by atoms with Crippen molar-refractivity contribution in [3.8, 4) is 5.75 Å². The smallest absolute Gasteiger partial charge is 0.304 e. The van der Waals surface area contributed by atoms with Crippen molar-refractivity contribution in [3.05, 3.63) is 53.1 Å². The van der Waals surface area contributed by atoms with Gasteiger partial charge in [-0.1, -0.05) is 17.7 Å². The molecule has 0 radical (unpaired) electrons. The van der Waals surface area contributed by atoms with Crippen LogP contribution in [0.1, 0.15) is 32.3 Å². The van der Waals surface area contributed by atoms with E-state index in [9.17, 15) is 13.2 Å². The van der Waals surface area contributed by atoms with Gasteiger partial charge in [0, 0.05) is 30.3 Å². The maximum absolute atomic E-state index is 13.4. The van der Waals surface area contributed by atoms with Gasteiger partial charge in [0.2, 0.25) is 5.91 Å².